The molecule has 10 heteroatoms. The Morgan fingerprint density at radius 1 is 0.912 bits per heavy atom. The van der Waals surface area contributed by atoms with Crippen LogP contribution in [0.15, 0.2) is 47.5 Å². The zero-order chi connectivity index (χ0) is 24.4. The summed E-state index contributed by atoms with van der Waals surface area (Å²) in [6.07, 6.45) is -7.85. The fourth-order valence-corrected chi connectivity index (χ4v) is 4.64. The van der Waals surface area contributed by atoms with Gasteiger partial charge >= 0.3 is 12.1 Å². The minimum atomic E-state index is -4.55. The molecule has 2 aliphatic heterocycles. The van der Waals surface area contributed by atoms with E-state index in [2.05, 4.69) is 0 Å². The van der Waals surface area contributed by atoms with E-state index < -0.39 is 47.6 Å². The van der Waals surface area contributed by atoms with Crippen LogP contribution in [0.5, 0.6) is 11.5 Å². The van der Waals surface area contributed by atoms with E-state index in [4.69, 9.17) is 18.9 Å². The minimum absolute atomic E-state index is 0.0308. The van der Waals surface area contributed by atoms with Gasteiger partial charge in [0.25, 0.3) is 0 Å². The molecule has 0 spiro atoms. The number of hydrogen-bond donors (Lipinski definition) is 0. The number of halogens is 3. The van der Waals surface area contributed by atoms with Crippen LogP contribution in [0.25, 0.3) is 0 Å². The van der Waals surface area contributed by atoms with Gasteiger partial charge in [0, 0.05) is 11.1 Å². The molecule has 0 bridgehead atoms. The Balaban J connectivity index is 1.70. The van der Waals surface area contributed by atoms with Crippen molar-refractivity contribution >= 4 is 17.5 Å². The number of ether oxygens (including phenoxy) is 4. The number of carbonyl (C=O) groups is 3. The highest BCUT2D eigenvalue weighted by Crippen LogP contribution is 2.49. The zero-order valence-electron chi connectivity index (χ0n) is 17.9. The predicted octanol–water partition coefficient (Wildman–Crippen LogP) is 3.85. The number of benzene rings is 2. The molecule has 3 aliphatic rings. The van der Waals surface area contributed by atoms with E-state index in [1.165, 1.54) is 38.5 Å². The largest absolute Gasteiger partial charge is 0.493 e. The van der Waals surface area contributed by atoms with Crippen molar-refractivity contribution in [2.45, 2.75) is 30.9 Å². The molecule has 5 rings (SSSR count). The van der Waals surface area contributed by atoms with Crippen molar-refractivity contribution in [3.63, 3.8) is 0 Å². The first-order valence-electron chi connectivity index (χ1n) is 10.3. The number of hydrogen-bond acceptors (Lipinski definition) is 7. The maximum atomic E-state index is 13.8. The van der Waals surface area contributed by atoms with Crippen LogP contribution < -0.4 is 9.47 Å². The Morgan fingerprint density at radius 3 is 2.24 bits per heavy atom. The van der Waals surface area contributed by atoms with Gasteiger partial charge in [0.05, 0.1) is 37.3 Å². The van der Waals surface area contributed by atoms with Crippen LogP contribution in [0.4, 0.5) is 13.2 Å². The average molecular weight is 474 g/mol. The third-order valence-electron chi connectivity index (χ3n) is 6.16. The maximum Gasteiger partial charge on any atom is 0.416 e. The quantitative estimate of drug-likeness (QED) is 0.625. The van der Waals surface area contributed by atoms with Gasteiger partial charge in [0.2, 0.25) is 0 Å². The predicted molar refractivity (Wildman–Crippen MR) is 109 cm³/mol. The summed E-state index contributed by atoms with van der Waals surface area (Å²) in [5, 5.41) is 0. The molecule has 0 N–H and O–H groups in total. The number of methoxy groups -OCH3 is 2. The first-order chi connectivity index (χ1) is 16.2. The van der Waals surface area contributed by atoms with Gasteiger partial charge in [-0.15, -0.1) is 0 Å². The van der Waals surface area contributed by atoms with Crippen LogP contribution in [0.2, 0.25) is 0 Å². The van der Waals surface area contributed by atoms with Crippen LogP contribution in [0.3, 0.4) is 0 Å². The second-order valence-electron chi connectivity index (χ2n) is 8.00. The van der Waals surface area contributed by atoms with Crippen LogP contribution in [-0.4, -0.2) is 44.0 Å². The summed E-state index contributed by atoms with van der Waals surface area (Å²) in [5.74, 6) is -1.50. The molecule has 176 valence electrons. The molecule has 2 aromatic carbocycles. The molecule has 1 aliphatic carbocycles. The Morgan fingerprint density at radius 2 is 1.62 bits per heavy atom. The molecular formula is C24H17F3O7. The van der Waals surface area contributed by atoms with E-state index in [0.717, 1.165) is 12.1 Å². The van der Waals surface area contributed by atoms with Crippen molar-refractivity contribution in [1.82, 2.24) is 0 Å². The van der Waals surface area contributed by atoms with Gasteiger partial charge in [-0.1, -0.05) is 12.1 Å². The van der Waals surface area contributed by atoms with Gasteiger partial charge in [-0.2, -0.15) is 13.2 Å². The highest BCUT2D eigenvalue weighted by atomic mass is 19.4. The molecule has 0 saturated carbocycles. The number of esters is 1. The standard InChI is InChI=1S/C24H17F3O7/c1-31-13-8-7-12-16(22(13)32-2)20(30)18-17(19(12)29)23-14(9-15(28)34-23)33-21(18)10-3-5-11(6-4-10)24(25,26)27/h3-8,14,21,23H,9H2,1-2H3/t14-,21-,23+/m0/s1. The topological polar surface area (TPSA) is 88.1 Å². The molecule has 3 atom stereocenters. The molecule has 1 saturated heterocycles. The van der Waals surface area contributed by atoms with E-state index in [1.807, 2.05) is 0 Å². The lowest BCUT2D eigenvalue weighted by molar-refractivity contribution is -0.141. The van der Waals surface area contributed by atoms with Gasteiger partial charge < -0.3 is 18.9 Å². The smallest absolute Gasteiger partial charge is 0.416 e. The number of ketones is 2. The first kappa shape index (κ1) is 22.1. The van der Waals surface area contributed by atoms with E-state index in [0.29, 0.717) is 0 Å². The molecule has 0 aromatic heterocycles. The SMILES string of the molecule is COc1ccc2c(c1OC)C(=O)C1=C(C2=O)[C@@H]2OC(=O)C[C@@H]2O[C@H]1c1ccc(C(F)(F)F)cc1. The lowest BCUT2D eigenvalue weighted by Gasteiger charge is -2.37. The normalized spacial score (nSPS) is 23.8. The average Bonchev–Trinajstić information content (AvgIpc) is 3.19. The second-order valence-corrected chi connectivity index (χ2v) is 8.00. The summed E-state index contributed by atoms with van der Waals surface area (Å²) in [6, 6.07) is 7.02. The van der Waals surface area contributed by atoms with Gasteiger partial charge in [-0.05, 0) is 29.8 Å². The van der Waals surface area contributed by atoms with E-state index in [1.54, 1.807) is 0 Å². The third kappa shape index (κ3) is 3.20. The van der Waals surface area contributed by atoms with Crippen LogP contribution in [0.1, 0.15) is 44.4 Å². The molecular weight excluding hydrogens is 457 g/mol. The lowest BCUT2D eigenvalue weighted by atomic mass is 9.75. The van der Waals surface area contributed by atoms with E-state index in [9.17, 15) is 27.6 Å². The van der Waals surface area contributed by atoms with Crippen molar-refractivity contribution < 1.29 is 46.5 Å². The second kappa shape index (κ2) is 7.69. The monoisotopic (exact) mass is 474 g/mol. The van der Waals surface area contributed by atoms with Crippen LogP contribution in [0, 0.1) is 0 Å². The van der Waals surface area contributed by atoms with Gasteiger partial charge in [0.1, 0.15) is 12.2 Å². The van der Waals surface area contributed by atoms with E-state index >= 15 is 0 Å². The number of rotatable bonds is 3. The minimum Gasteiger partial charge on any atom is -0.493 e. The Kier molecular flexibility index (Phi) is 5.01. The molecule has 2 aromatic rings. The Bertz CT molecular complexity index is 1260. The zero-order valence-corrected chi connectivity index (χ0v) is 17.9. The van der Waals surface area contributed by atoms with E-state index in [-0.39, 0.29) is 45.8 Å². The summed E-state index contributed by atoms with van der Waals surface area (Å²) >= 11 is 0. The fourth-order valence-electron chi connectivity index (χ4n) is 4.64. The summed E-state index contributed by atoms with van der Waals surface area (Å²) in [5.41, 5.74) is -0.771. The van der Waals surface area contributed by atoms with Crippen LogP contribution >= 0.6 is 0 Å². The van der Waals surface area contributed by atoms with Crippen molar-refractivity contribution in [3.8, 4) is 11.5 Å². The molecule has 0 radical (unpaired) electrons. The fraction of sp³-hybridized carbons (Fsp3) is 0.292. The van der Waals surface area contributed by atoms with Gasteiger partial charge in [-0.3, -0.25) is 14.4 Å². The van der Waals surface area contributed by atoms with Crippen LogP contribution in [-0.2, 0) is 20.4 Å². The van der Waals surface area contributed by atoms with Crippen molar-refractivity contribution in [2.24, 2.45) is 0 Å². The molecule has 0 unspecified atom stereocenters. The molecule has 0 amide bonds. The molecule has 2 heterocycles. The first-order valence-corrected chi connectivity index (χ1v) is 10.3. The highest BCUT2D eigenvalue weighted by Gasteiger charge is 2.53. The summed E-state index contributed by atoms with van der Waals surface area (Å²) in [6.45, 7) is 0. The Labute approximate surface area is 191 Å². The Hall–Kier alpha value is -3.66. The lowest BCUT2D eigenvalue weighted by Crippen LogP contribution is -2.42. The maximum absolute atomic E-state index is 13.8. The van der Waals surface area contributed by atoms with Crippen molar-refractivity contribution in [2.75, 3.05) is 14.2 Å². The van der Waals surface area contributed by atoms with Gasteiger partial charge in [0.15, 0.2) is 29.2 Å². The number of fused-ring (bicyclic) bond motifs is 3. The molecule has 34 heavy (non-hydrogen) atoms. The summed E-state index contributed by atoms with van der Waals surface area (Å²) in [4.78, 5) is 39.4. The summed E-state index contributed by atoms with van der Waals surface area (Å²) < 4.78 is 61.1. The van der Waals surface area contributed by atoms with Gasteiger partial charge in [-0.25, -0.2) is 0 Å². The number of alkyl halides is 3. The van der Waals surface area contributed by atoms with Crippen molar-refractivity contribution in [1.29, 1.82) is 0 Å². The summed E-state index contributed by atoms with van der Waals surface area (Å²) in [7, 11) is 2.70. The molecule has 7 nitrogen and oxygen atoms in total. The number of Topliss-reactive ketones (excluding diaryl/α,β-unsaturated/α-hetero) is 2. The highest BCUT2D eigenvalue weighted by molar-refractivity contribution is 6.29. The molecule has 1 fully saturated rings. The number of carbonyl (C=O) groups excluding carboxylic acids is 3. The third-order valence-corrected chi connectivity index (χ3v) is 6.16. The van der Waals surface area contributed by atoms with Crippen molar-refractivity contribution in [3.05, 3.63) is 69.8 Å².